The fraction of sp³-hybridized carbons (Fsp3) is 0.429. The molecule has 0 aromatic carbocycles. The van der Waals surface area contributed by atoms with E-state index in [9.17, 15) is 13.5 Å². The summed E-state index contributed by atoms with van der Waals surface area (Å²) < 4.78 is 28.2. The Labute approximate surface area is 158 Å². The molecule has 25 heavy (non-hydrogen) atoms. The molecule has 3 rings (SSSR count). The van der Waals surface area contributed by atoms with Crippen molar-refractivity contribution in [3.63, 3.8) is 0 Å². The number of hydrogen-bond donors (Lipinski definition) is 4. The van der Waals surface area contributed by atoms with E-state index < -0.39 is 16.1 Å². The van der Waals surface area contributed by atoms with E-state index in [4.69, 9.17) is 0 Å². The van der Waals surface area contributed by atoms with Gasteiger partial charge in [0, 0.05) is 30.6 Å². The first-order chi connectivity index (χ1) is 11.8. The first-order valence-corrected chi connectivity index (χ1v) is 10.8. The quantitative estimate of drug-likeness (QED) is 0.528. The maximum atomic E-state index is 12.4. The van der Waals surface area contributed by atoms with Gasteiger partial charge in [-0.15, -0.1) is 11.3 Å². The molecule has 2 aromatic heterocycles. The fourth-order valence-electron chi connectivity index (χ4n) is 2.39. The highest BCUT2D eigenvalue weighted by Gasteiger charge is 2.21. The Balaban J connectivity index is 1.96. The van der Waals surface area contributed by atoms with Crippen LogP contribution in [0.15, 0.2) is 26.3 Å². The molecule has 3 heterocycles. The van der Waals surface area contributed by atoms with Crippen LogP contribution in [0.2, 0.25) is 0 Å². The van der Waals surface area contributed by atoms with E-state index in [1.807, 2.05) is 0 Å². The molecule has 0 radical (unpaired) electrons. The Morgan fingerprint density at radius 3 is 3.04 bits per heavy atom. The SMILES string of the molecule is CC(O)C1CCNS(=O)(=O)c2cc(cs2)Nc2ncc(Br)c(n2)NC1. The van der Waals surface area contributed by atoms with E-state index in [1.54, 1.807) is 24.6 Å². The van der Waals surface area contributed by atoms with Crippen molar-refractivity contribution in [2.24, 2.45) is 5.92 Å². The molecule has 0 amide bonds. The molecule has 2 aromatic rings. The van der Waals surface area contributed by atoms with Gasteiger partial charge in [0.05, 0.1) is 16.3 Å². The number of nitrogens with one attached hydrogen (secondary N) is 3. The highest BCUT2D eigenvalue weighted by molar-refractivity contribution is 9.10. The van der Waals surface area contributed by atoms with E-state index in [2.05, 4.69) is 41.3 Å². The molecule has 2 unspecified atom stereocenters. The molecule has 4 N–H and O–H groups in total. The van der Waals surface area contributed by atoms with Gasteiger partial charge in [-0.25, -0.2) is 18.1 Å². The number of sulfonamides is 1. The van der Waals surface area contributed by atoms with Gasteiger partial charge in [-0.05, 0) is 35.3 Å². The van der Waals surface area contributed by atoms with Crippen molar-refractivity contribution in [3.8, 4) is 0 Å². The van der Waals surface area contributed by atoms with Crippen molar-refractivity contribution in [2.75, 3.05) is 23.7 Å². The van der Waals surface area contributed by atoms with Crippen molar-refractivity contribution in [1.82, 2.24) is 14.7 Å². The molecule has 0 aliphatic carbocycles. The van der Waals surface area contributed by atoms with E-state index >= 15 is 0 Å². The molecule has 11 heteroatoms. The van der Waals surface area contributed by atoms with Crippen molar-refractivity contribution >= 4 is 54.7 Å². The highest BCUT2D eigenvalue weighted by Crippen LogP contribution is 2.28. The average molecular weight is 448 g/mol. The van der Waals surface area contributed by atoms with Crippen molar-refractivity contribution in [2.45, 2.75) is 23.7 Å². The van der Waals surface area contributed by atoms with Crippen molar-refractivity contribution < 1.29 is 13.5 Å². The fourth-order valence-corrected chi connectivity index (χ4v) is 4.93. The molecule has 0 saturated carbocycles. The largest absolute Gasteiger partial charge is 0.393 e. The van der Waals surface area contributed by atoms with Crippen LogP contribution in [-0.4, -0.2) is 42.7 Å². The van der Waals surface area contributed by atoms with Crippen LogP contribution in [0.1, 0.15) is 13.3 Å². The summed E-state index contributed by atoms with van der Waals surface area (Å²) in [6.07, 6.45) is 1.53. The first-order valence-electron chi connectivity index (χ1n) is 7.65. The minimum absolute atomic E-state index is 0.136. The van der Waals surface area contributed by atoms with Crippen LogP contribution in [0.25, 0.3) is 0 Å². The predicted molar refractivity (Wildman–Crippen MR) is 101 cm³/mol. The lowest BCUT2D eigenvalue weighted by atomic mass is 10.00. The summed E-state index contributed by atoms with van der Waals surface area (Å²) in [4.78, 5) is 8.58. The first kappa shape index (κ1) is 18.5. The normalized spacial score (nSPS) is 21.5. The second kappa shape index (κ2) is 7.54. The van der Waals surface area contributed by atoms with Crippen LogP contribution >= 0.6 is 27.3 Å². The molecular weight excluding hydrogens is 430 g/mol. The van der Waals surface area contributed by atoms with Crippen molar-refractivity contribution in [3.05, 3.63) is 22.1 Å². The van der Waals surface area contributed by atoms with Gasteiger partial charge in [0.25, 0.3) is 0 Å². The maximum absolute atomic E-state index is 12.4. The molecule has 4 bridgehead atoms. The van der Waals surface area contributed by atoms with Gasteiger partial charge in [0.15, 0.2) is 0 Å². The molecule has 0 fully saturated rings. The summed E-state index contributed by atoms with van der Waals surface area (Å²) in [7, 11) is -3.57. The zero-order chi connectivity index (χ0) is 18.0. The third kappa shape index (κ3) is 4.47. The van der Waals surface area contributed by atoms with Crippen molar-refractivity contribution in [1.29, 1.82) is 0 Å². The Morgan fingerprint density at radius 2 is 2.28 bits per heavy atom. The second-order valence-electron chi connectivity index (χ2n) is 5.74. The van der Waals surface area contributed by atoms with Crippen LogP contribution < -0.4 is 15.4 Å². The van der Waals surface area contributed by atoms with Gasteiger partial charge in [-0.3, -0.25) is 0 Å². The molecule has 136 valence electrons. The van der Waals surface area contributed by atoms with E-state index in [1.165, 1.54) is 0 Å². The zero-order valence-electron chi connectivity index (χ0n) is 13.4. The molecule has 0 saturated heterocycles. The molecule has 0 spiro atoms. The van der Waals surface area contributed by atoms with Gasteiger partial charge in [0.1, 0.15) is 10.0 Å². The summed E-state index contributed by atoms with van der Waals surface area (Å²) in [5, 5.41) is 17.9. The number of aliphatic hydroxyl groups excluding tert-OH is 1. The van der Waals surface area contributed by atoms with E-state index in [0.29, 0.717) is 34.9 Å². The van der Waals surface area contributed by atoms with Crippen LogP contribution in [-0.2, 0) is 10.0 Å². The summed E-state index contributed by atoms with van der Waals surface area (Å²) in [6.45, 7) is 2.39. The number of aromatic nitrogens is 2. The van der Waals surface area contributed by atoms with Gasteiger partial charge in [0.2, 0.25) is 16.0 Å². The summed E-state index contributed by atoms with van der Waals surface area (Å²) in [5.41, 5.74) is 0.609. The monoisotopic (exact) mass is 447 g/mol. The number of fused-ring (bicyclic) bond motifs is 4. The Bertz CT molecular complexity index is 856. The number of anilines is 3. The average Bonchev–Trinajstić information content (AvgIpc) is 3.01. The lowest BCUT2D eigenvalue weighted by molar-refractivity contribution is 0.127. The summed E-state index contributed by atoms with van der Waals surface area (Å²) >= 11 is 4.53. The third-order valence-electron chi connectivity index (χ3n) is 3.86. The molecule has 8 nitrogen and oxygen atoms in total. The van der Waals surface area contributed by atoms with E-state index in [-0.39, 0.29) is 16.7 Å². The lowest BCUT2D eigenvalue weighted by Crippen LogP contribution is -2.31. The van der Waals surface area contributed by atoms with Crippen LogP contribution in [0.5, 0.6) is 0 Å². The number of rotatable bonds is 1. The number of thiophene rings is 1. The summed E-state index contributed by atoms with van der Waals surface area (Å²) in [6, 6.07) is 1.55. The van der Waals surface area contributed by atoms with Gasteiger partial charge in [-0.2, -0.15) is 4.98 Å². The lowest BCUT2D eigenvalue weighted by Gasteiger charge is -2.21. The minimum atomic E-state index is -3.57. The predicted octanol–water partition coefficient (Wildman–Crippen LogP) is 2.14. The number of halogens is 1. The topological polar surface area (TPSA) is 116 Å². The minimum Gasteiger partial charge on any atom is -0.393 e. The standard InChI is InChI=1S/C14H18BrN5O3S2/c1-8(21)9-2-3-18-25(22,23)12-4-10(7-24-12)19-14-17-6-11(15)13(20-14)16-5-9/h4,6-9,18,21H,2-3,5H2,1H3,(H2,16,17,19,20). The molecular formula is C14H18BrN5O3S2. The van der Waals surface area contributed by atoms with Crippen LogP contribution in [0, 0.1) is 5.92 Å². The van der Waals surface area contributed by atoms with Crippen LogP contribution in [0.3, 0.4) is 0 Å². The maximum Gasteiger partial charge on any atom is 0.250 e. The summed E-state index contributed by atoms with van der Waals surface area (Å²) in [5.74, 6) is 0.824. The molecule has 1 aliphatic heterocycles. The number of aliphatic hydroxyl groups is 1. The zero-order valence-corrected chi connectivity index (χ0v) is 16.6. The van der Waals surface area contributed by atoms with Gasteiger partial charge < -0.3 is 15.7 Å². The Hall–Kier alpha value is -1.27. The Morgan fingerprint density at radius 1 is 1.48 bits per heavy atom. The number of nitrogens with zero attached hydrogens (tertiary/aromatic N) is 2. The smallest absolute Gasteiger partial charge is 0.250 e. The van der Waals surface area contributed by atoms with Gasteiger partial charge >= 0.3 is 0 Å². The third-order valence-corrected chi connectivity index (χ3v) is 7.34. The molecule has 1 aliphatic rings. The highest BCUT2D eigenvalue weighted by atomic mass is 79.9. The number of hydrogen-bond acceptors (Lipinski definition) is 8. The van der Waals surface area contributed by atoms with E-state index in [0.717, 1.165) is 11.3 Å². The Kier molecular flexibility index (Phi) is 5.58. The second-order valence-corrected chi connectivity index (χ2v) is 9.50. The molecule has 2 atom stereocenters. The van der Waals surface area contributed by atoms with Gasteiger partial charge in [-0.1, -0.05) is 0 Å². The van der Waals surface area contributed by atoms with Crippen LogP contribution in [0.4, 0.5) is 17.5 Å².